The average Bonchev–Trinajstić information content (AvgIpc) is 3.36. The third-order valence-corrected chi connectivity index (χ3v) is 5.97. The second-order valence-electron chi connectivity index (χ2n) is 6.66. The van der Waals surface area contributed by atoms with Crippen molar-refractivity contribution in [1.29, 1.82) is 0 Å². The number of nitrogens with two attached hydrogens (primary N) is 1. The molecule has 1 aromatic heterocycles. The van der Waals surface area contributed by atoms with Gasteiger partial charge in [-0.2, -0.15) is 0 Å². The molecule has 2 atom stereocenters. The van der Waals surface area contributed by atoms with E-state index in [-0.39, 0.29) is 5.25 Å². The van der Waals surface area contributed by atoms with E-state index in [4.69, 9.17) is 5.73 Å². The van der Waals surface area contributed by atoms with E-state index in [1.165, 1.54) is 25.7 Å². The van der Waals surface area contributed by atoms with Gasteiger partial charge in [0, 0.05) is 17.2 Å². The lowest BCUT2D eigenvalue weighted by Gasteiger charge is -2.18. The third kappa shape index (κ3) is 2.46. The van der Waals surface area contributed by atoms with E-state index in [2.05, 4.69) is 14.8 Å². The minimum Gasteiger partial charge on any atom is -0.480 e. The van der Waals surface area contributed by atoms with E-state index in [1.807, 2.05) is 0 Å². The maximum Gasteiger partial charge on any atom is 0.323 e. The van der Waals surface area contributed by atoms with Crippen LogP contribution in [0.2, 0.25) is 0 Å². The molecule has 6 nitrogen and oxygen atoms in total. The number of carboxylic acids is 1. The molecule has 4 rings (SSSR count). The molecule has 0 spiro atoms. The molecular weight excluding hydrogens is 288 g/mol. The molecule has 0 bridgehead atoms. The molecule has 114 valence electrons. The maximum absolute atomic E-state index is 11.2. The van der Waals surface area contributed by atoms with Gasteiger partial charge in [-0.3, -0.25) is 4.79 Å². The minimum atomic E-state index is -1.05. The summed E-state index contributed by atoms with van der Waals surface area (Å²) in [5.74, 6) is 0.867. The molecule has 0 radical (unpaired) electrons. The van der Waals surface area contributed by atoms with Crippen molar-refractivity contribution in [2.24, 2.45) is 5.73 Å². The monoisotopic (exact) mass is 308 g/mol. The summed E-state index contributed by atoms with van der Waals surface area (Å²) in [6.45, 7) is 0. The Morgan fingerprint density at radius 2 is 2.05 bits per heavy atom. The SMILES string of the molecule is NC1(C(=O)O)CCC(Sc2nnc(C3CC3)n2C2CC2)C1. The lowest BCUT2D eigenvalue weighted by Crippen LogP contribution is -2.45. The van der Waals surface area contributed by atoms with Crippen molar-refractivity contribution in [2.75, 3.05) is 0 Å². The summed E-state index contributed by atoms with van der Waals surface area (Å²) >= 11 is 1.68. The highest BCUT2D eigenvalue weighted by Gasteiger charge is 2.44. The van der Waals surface area contributed by atoms with Crippen molar-refractivity contribution in [3.05, 3.63) is 5.82 Å². The first-order valence-corrected chi connectivity index (χ1v) is 8.58. The van der Waals surface area contributed by atoms with Crippen LogP contribution in [0.1, 0.15) is 62.7 Å². The molecule has 1 aromatic rings. The molecule has 3 N–H and O–H groups in total. The Morgan fingerprint density at radius 1 is 1.29 bits per heavy atom. The van der Waals surface area contributed by atoms with Gasteiger partial charge in [-0.05, 0) is 44.9 Å². The summed E-state index contributed by atoms with van der Waals surface area (Å²) in [6, 6.07) is 0.571. The van der Waals surface area contributed by atoms with Gasteiger partial charge < -0.3 is 15.4 Å². The largest absolute Gasteiger partial charge is 0.480 e. The van der Waals surface area contributed by atoms with Crippen LogP contribution in [0.5, 0.6) is 0 Å². The van der Waals surface area contributed by atoms with E-state index >= 15 is 0 Å². The van der Waals surface area contributed by atoms with Gasteiger partial charge in [-0.1, -0.05) is 11.8 Å². The zero-order valence-corrected chi connectivity index (χ0v) is 12.7. The lowest BCUT2D eigenvalue weighted by molar-refractivity contribution is -0.143. The van der Waals surface area contributed by atoms with Gasteiger partial charge in [0.15, 0.2) is 5.16 Å². The smallest absolute Gasteiger partial charge is 0.323 e. The first kappa shape index (κ1) is 13.6. The fraction of sp³-hybridized carbons (Fsp3) is 0.786. The van der Waals surface area contributed by atoms with Gasteiger partial charge in [0.25, 0.3) is 0 Å². The van der Waals surface area contributed by atoms with Crippen molar-refractivity contribution in [1.82, 2.24) is 14.8 Å². The first-order chi connectivity index (χ1) is 10.1. The first-order valence-electron chi connectivity index (χ1n) is 7.70. The van der Waals surface area contributed by atoms with Crippen LogP contribution < -0.4 is 5.73 Å². The molecule has 7 heteroatoms. The van der Waals surface area contributed by atoms with Crippen LogP contribution in [0.15, 0.2) is 5.16 Å². The summed E-state index contributed by atoms with van der Waals surface area (Å²) in [5.41, 5.74) is 4.91. The fourth-order valence-electron chi connectivity index (χ4n) is 3.14. The van der Waals surface area contributed by atoms with Gasteiger partial charge in [0.2, 0.25) is 0 Å². The molecule has 0 amide bonds. The molecule has 3 fully saturated rings. The van der Waals surface area contributed by atoms with E-state index in [9.17, 15) is 9.90 Å². The summed E-state index contributed by atoms with van der Waals surface area (Å²) in [4.78, 5) is 11.2. The van der Waals surface area contributed by atoms with Crippen LogP contribution in [-0.2, 0) is 4.79 Å². The van der Waals surface area contributed by atoms with Crippen molar-refractivity contribution in [3.8, 4) is 0 Å². The number of rotatable bonds is 5. The maximum atomic E-state index is 11.2. The van der Waals surface area contributed by atoms with Crippen molar-refractivity contribution in [3.63, 3.8) is 0 Å². The van der Waals surface area contributed by atoms with Crippen LogP contribution in [0.4, 0.5) is 0 Å². The highest BCUT2D eigenvalue weighted by atomic mass is 32.2. The van der Waals surface area contributed by atoms with Crippen LogP contribution in [0, 0.1) is 0 Å². The molecule has 0 aliphatic heterocycles. The molecule has 1 heterocycles. The number of aliphatic carboxylic acids is 1. The van der Waals surface area contributed by atoms with Crippen LogP contribution in [-0.4, -0.2) is 36.6 Å². The predicted molar refractivity (Wildman–Crippen MR) is 78.3 cm³/mol. The van der Waals surface area contributed by atoms with Gasteiger partial charge in [-0.15, -0.1) is 10.2 Å². The topological polar surface area (TPSA) is 94.0 Å². The van der Waals surface area contributed by atoms with Crippen molar-refractivity contribution < 1.29 is 9.90 Å². The van der Waals surface area contributed by atoms with Gasteiger partial charge >= 0.3 is 5.97 Å². The Labute approximate surface area is 127 Å². The molecule has 2 unspecified atom stereocenters. The number of carbonyl (C=O) groups is 1. The number of aromatic nitrogens is 3. The van der Waals surface area contributed by atoms with Crippen LogP contribution in [0.3, 0.4) is 0 Å². The Morgan fingerprint density at radius 3 is 2.62 bits per heavy atom. The molecule has 3 saturated carbocycles. The average molecular weight is 308 g/mol. The number of hydrogen-bond donors (Lipinski definition) is 2. The zero-order chi connectivity index (χ0) is 14.6. The zero-order valence-electron chi connectivity index (χ0n) is 11.9. The van der Waals surface area contributed by atoms with Gasteiger partial charge in [-0.25, -0.2) is 0 Å². The minimum absolute atomic E-state index is 0.236. The van der Waals surface area contributed by atoms with E-state index in [1.54, 1.807) is 11.8 Å². The number of hydrogen-bond acceptors (Lipinski definition) is 5. The second kappa shape index (κ2) is 4.71. The summed E-state index contributed by atoms with van der Waals surface area (Å²) in [7, 11) is 0. The number of carboxylic acid groups (broad SMARTS) is 1. The Hall–Kier alpha value is -1.08. The summed E-state index contributed by atoms with van der Waals surface area (Å²) in [6.07, 6.45) is 6.78. The standard InChI is InChI=1S/C14H20N4O2S/c15-14(12(19)20)6-5-10(7-14)21-13-17-16-11(8-1-2-8)18(13)9-3-4-9/h8-10H,1-7,15H2,(H,19,20). The Kier molecular flexibility index (Phi) is 3.04. The van der Waals surface area contributed by atoms with Crippen molar-refractivity contribution >= 4 is 17.7 Å². The molecule has 21 heavy (non-hydrogen) atoms. The van der Waals surface area contributed by atoms with Crippen LogP contribution >= 0.6 is 11.8 Å². The van der Waals surface area contributed by atoms with Crippen molar-refractivity contribution in [2.45, 2.75) is 72.9 Å². The van der Waals surface area contributed by atoms with E-state index < -0.39 is 11.5 Å². The number of thioether (sulfide) groups is 1. The van der Waals surface area contributed by atoms with Gasteiger partial charge in [0.1, 0.15) is 11.4 Å². The van der Waals surface area contributed by atoms with E-state index in [0.29, 0.717) is 24.8 Å². The summed E-state index contributed by atoms with van der Waals surface area (Å²) in [5, 5.41) is 19.2. The highest BCUT2D eigenvalue weighted by molar-refractivity contribution is 7.99. The molecule has 3 aliphatic rings. The highest BCUT2D eigenvalue weighted by Crippen LogP contribution is 2.47. The molecule has 0 aromatic carbocycles. The fourth-order valence-corrected chi connectivity index (χ4v) is 4.50. The lowest BCUT2D eigenvalue weighted by atomic mass is 10.0. The normalized spacial score (nSPS) is 32.5. The third-order valence-electron chi connectivity index (χ3n) is 4.75. The Bertz CT molecular complexity index is 582. The molecular formula is C14H20N4O2S. The molecule has 0 saturated heterocycles. The van der Waals surface area contributed by atoms with E-state index in [0.717, 1.165) is 17.4 Å². The quantitative estimate of drug-likeness (QED) is 0.863. The summed E-state index contributed by atoms with van der Waals surface area (Å²) < 4.78 is 2.32. The Balaban J connectivity index is 1.52. The van der Waals surface area contributed by atoms with Crippen LogP contribution in [0.25, 0.3) is 0 Å². The second-order valence-corrected chi connectivity index (χ2v) is 7.93. The van der Waals surface area contributed by atoms with Gasteiger partial charge in [0.05, 0.1) is 0 Å². The predicted octanol–water partition coefficient (Wildman–Crippen LogP) is 1.92. The number of nitrogens with zero attached hydrogens (tertiary/aromatic N) is 3. The molecule has 3 aliphatic carbocycles.